The van der Waals surface area contributed by atoms with Crippen LogP contribution < -0.4 is 0 Å². The van der Waals surface area contributed by atoms with E-state index in [0.717, 1.165) is 24.1 Å². The zero-order valence-electron chi connectivity index (χ0n) is 12.0. The minimum absolute atomic E-state index is 0.439. The summed E-state index contributed by atoms with van der Waals surface area (Å²) in [5.74, 6) is 0. The number of benzene rings is 1. The quantitative estimate of drug-likeness (QED) is 0.791. The van der Waals surface area contributed by atoms with Gasteiger partial charge in [0.15, 0.2) is 0 Å². The Balaban J connectivity index is 1.60. The van der Waals surface area contributed by atoms with E-state index in [1.54, 1.807) is 21.8 Å². The van der Waals surface area contributed by atoms with Crippen LogP contribution in [-0.2, 0) is 16.6 Å². The minimum Gasteiger partial charge on any atom is -0.296 e. The van der Waals surface area contributed by atoms with E-state index in [1.807, 2.05) is 12.1 Å². The Morgan fingerprint density at radius 3 is 2.32 bits per heavy atom. The molecule has 1 aliphatic rings. The number of hydrogen-bond donors (Lipinski definition) is 0. The van der Waals surface area contributed by atoms with Crippen molar-refractivity contribution in [2.75, 3.05) is 26.2 Å². The van der Waals surface area contributed by atoms with Crippen molar-refractivity contribution in [2.24, 2.45) is 0 Å². The third-order valence-electron chi connectivity index (χ3n) is 3.74. The lowest BCUT2D eigenvalue weighted by molar-refractivity contribution is 0.182. The van der Waals surface area contributed by atoms with Gasteiger partial charge in [0.05, 0.1) is 0 Å². The third-order valence-corrected chi connectivity index (χ3v) is 7.54. The van der Waals surface area contributed by atoms with Crippen LogP contribution in [0.15, 0.2) is 50.5 Å². The molecule has 0 spiro atoms. The predicted octanol–water partition coefficient (Wildman–Crippen LogP) is 3.02. The van der Waals surface area contributed by atoms with Gasteiger partial charge in [0.1, 0.15) is 4.21 Å². The molecule has 118 valence electrons. The fraction of sp³-hybridized carbons (Fsp3) is 0.333. The highest BCUT2D eigenvalue weighted by atomic mass is 79.9. The van der Waals surface area contributed by atoms with Gasteiger partial charge in [0.2, 0.25) is 0 Å². The Morgan fingerprint density at radius 2 is 1.73 bits per heavy atom. The molecule has 3 rings (SSSR count). The van der Waals surface area contributed by atoms with Crippen LogP contribution in [0.5, 0.6) is 0 Å². The maximum atomic E-state index is 12.5. The van der Waals surface area contributed by atoms with Crippen LogP contribution in [-0.4, -0.2) is 43.8 Å². The summed E-state index contributed by atoms with van der Waals surface area (Å²) < 4.78 is 28.0. The number of thiophene rings is 1. The van der Waals surface area contributed by atoms with Crippen LogP contribution >= 0.6 is 27.3 Å². The summed E-state index contributed by atoms with van der Waals surface area (Å²) in [5.41, 5.74) is 1.25. The van der Waals surface area contributed by atoms with Crippen molar-refractivity contribution in [1.29, 1.82) is 0 Å². The first-order valence-corrected chi connectivity index (χ1v) is 10.2. The molecule has 22 heavy (non-hydrogen) atoms. The van der Waals surface area contributed by atoms with Crippen LogP contribution in [0.2, 0.25) is 0 Å². The molecule has 0 amide bonds. The number of hydrogen-bond acceptors (Lipinski definition) is 4. The first kappa shape index (κ1) is 16.1. The normalized spacial score (nSPS) is 17.7. The highest BCUT2D eigenvalue weighted by Crippen LogP contribution is 2.22. The first-order chi connectivity index (χ1) is 10.6. The highest BCUT2D eigenvalue weighted by Gasteiger charge is 2.28. The summed E-state index contributed by atoms with van der Waals surface area (Å²) >= 11 is 4.71. The summed E-state index contributed by atoms with van der Waals surface area (Å²) in [5, 5.41) is 1.80. The monoisotopic (exact) mass is 400 g/mol. The van der Waals surface area contributed by atoms with Crippen molar-refractivity contribution in [3.05, 3.63) is 51.8 Å². The molecule has 1 fully saturated rings. The van der Waals surface area contributed by atoms with Gasteiger partial charge in [-0.3, -0.25) is 4.90 Å². The molecule has 0 unspecified atom stereocenters. The summed E-state index contributed by atoms with van der Waals surface area (Å²) in [6.07, 6.45) is 0. The minimum atomic E-state index is -3.30. The molecule has 0 bridgehead atoms. The van der Waals surface area contributed by atoms with Gasteiger partial charge in [0.25, 0.3) is 10.0 Å². The molecule has 4 nitrogen and oxygen atoms in total. The lowest BCUT2D eigenvalue weighted by atomic mass is 10.2. The van der Waals surface area contributed by atoms with E-state index in [0.29, 0.717) is 17.3 Å². The van der Waals surface area contributed by atoms with Gasteiger partial charge in [-0.05, 0) is 29.1 Å². The number of sulfonamides is 1. The topological polar surface area (TPSA) is 40.6 Å². The Morgan fingerprint density at radius 1 is 1.05 bits per heavy atom. The average Bonchev–Trinajstić information content (AvgIpc) is 3.05. The molecular formula is C15H17BrN2O2S2. The molecule has 2 aromatic rings. The molecule has 0 N–H and O–H groups in total. The molecule has 1 aromatic carbocycles. The lowest BCUT2D eigenvalue weighted by Crippen LogP contribution is -2.48. The molecule has 0 aliphatic carbocycles. The van der Waals surface area contributed by atoms with Crippen molar-refractivity contribution < 1.29 is 8.42 Å². The summed E-state index contributed by atoms with van der Waals surface area (Å²) in [7, 11) is -3.30. The lowest BCUT2D eigenvalue weighted by Gasteiger charge is -2.33. The molecule has 2 heterocycles. The molecule has 7 heteroatoms. The first-order valence-electron chi connectivity index (χ1n) is 7.06. The van der Waals surface area contributed by atoms with Gasteiger partial charge < -0.3 is 0 Å². The van der Waals surface area contributed by atoms with Gasteiger partial charge in [-0.15, -0.1) is 11.3 Å². The summed E-state index contributed by atoms with van der Waals surface area (Å²) in [6, 6.07) is 11.7. The molecule has 0 atom stereocenters. The van der Waals surface area contributed by atoms with E-state index in [1.165, 1.54) is 16.9 Å². The molecule has 0 saturated carbocycles. The highest BCUT2D eigenvalue weighted by molar-refractivity contribution is 9.10. The standard InChI is InChI=1S/C15H17BrN2O2S2/c16-14-5-3-13(4-6-14)12-17-7-9-18(10-8-17)22(19,20)15-2-1-11-21-15/h1-6,11H,7-10,12H2. The second-order valence-electron chi connectivity index (χ2n) is 5.24. The van der Waals surface area contributed by atoms with Crippen LogP contribution in [0.25, 0.3) is 0 Å². The Bertz CT molecular complexity index is 707. The van der Waals surface area contributed by atoms with E-state index in [-0.39, 0.29) is 0 Å². The zero-order valence-corrected chi connectivity index (χ0v) is 15.2. The maximum Gasteiger partial charge on any atom is 0.252 e. The smallest absolute Gasteiger partial charge is 0.252 e. The number of piperazine rings is 1. The van der Waals surface area contributed by atoms with Gasteiger partial charge in [-0.25, -0.2) is 8.42 Å². The van der Waals surface area contributed by atoms with Gasteiger partial charge in [0, 0.05) is 37.2 Å². The molecule has 1 aromatic heterocycles. The van der Waals surface area contributed by atoms with Crippen molar-refractivity contribution in [3.63, 3.8) is 0 Å². The average molecular weight is 401 g/mol. The second-order valence-corrected chi connectivity index (χ2v) is 9.27. The van der Waals surface area contributed by atoms with E-state index in [2.05, 4.69) is 33.0 Å². The van der Waals surface area contributed by atoms with Gasteiger partial charge in [-0.1, -0.05) is 34.1 Å². The summed E-state index contributed by atoms with van der Waals surface area (Å²) in [6.45, 7) is 3.50. The SMILES string of the molecule is O=S(=O)(c1cccs1)N1CCN(Cc2ccc(Br)cc2)CC1. The Hall–Kier alpha value is -0.730. The zero-order chi connectivity index (χ0) is 15.6. The third kappa shape index (κ3) is 3.60. The summed E-state index contributed by atoms with van der Waals surface area (Å²) in [4.78, 5) is 2.30. The number of rotatable bonds is 4. The molecule has 0 radical (unpaired) electrons. The van der Waals surface area contributed by atoms with E-state index in [9.17, 15) is 8.42 Å². The van der Waals surface area contributed by atoms with Gasteiger partial charge >= 0.3 is 0 Å². The Labute approximate surface area is 143 Å². The van der Waals surface area contributed by atoms with Gasteiger partial charge in [-0.2, -0.15) is 4.31 Å². The van der Waals surface area contributed by atoms with E-state index < -0.39 is 10.0 Å². The van der Waals surface area contributed by atoms with Crippen LogP contribution in [0.3, 0.4) is 0 Å². The van der Waals surface area contributed by atoms with Crippen molar-refractivity contribution in [2.45, 2.75) is 10.8 Å². The number of halogens is 1. The molecule has 1 aliphatic heterocycles. The Kier molecular flexibility index (Phi) is 4.99. The second kappa shape index (κ2) is 6.80. The molecular weight excluding hydrogens is 384 g/mol. The van der Waals surface area contributed by atoms with Crippen molar-refractivity contribution in [1.82, 2.24) is 9.21 Å². The van der Waals surface area contributed by atoms with Crippen LogP contribution in [0, 0.1) is 0 Å². The fourth-order valence-electron chi connectivity index (χ4n) is 2.51. The van der Waals surface area contributed by atoms with Crippen LogP contribution in [0.1, 0.15) is 5.56 Å². The fourth-order valence-corrected chi connectivity index (χ4v) is 5.34. The van der Waals surface area contributed by atoms with E-state index in [4.69, 9.17) is 0 Å². The largest absolute Gasteiger partial charge is 0.296 e. The number of nitrogens with zero attached hydrogens (tertiary/aromatic N) is 2. The van der Waals surface area contributed by atoms with Crippen molar-refractivity contribution in [3.8, 4) is 0 Å². The maximum absolute atomic E-state index is 12.5. The molecule has 1 saturated heterocycles. The predicted molar refractivity (Wildman–Crippen MR) is 92.5 cm³/mol. The van der Waals surface area contributed by atoms with Crippen molar-refractivity contribution >= 4 is 37.3 Å². The van der Waals surface area contributed by atoms with E-state index >= 15 is 0 Å². The van der Waals surface area contributed by atoms with Crippen LogP contribution in [0.4, 0.5) is 0 Å².